The van der Waals surface area contributed by atoms with E-state index in [4.69, 9.17) is 5.84 Å². The number of likely N-dealkylation sites (tertiary alicyclic amines) is 1. The molecule has 0 unspecified atom stereocenters. The minimum absolute atomic E-state index is 0.110. The standard InChI is InChI=1S/C27H40N6O4/c1-26(2,3)22(33(28)16-20(29-6)17-12-13-17)24(36)32-15-19(34)14-21(32)23(35)31-27(4,5)25(37)30-18-10-8-7-9-11-18/h7-11,16-17,21-22,29H,12-15,28H2,1-6H3,(H,30,37)(H,31,35)/p+1/b20-16-/t21-,22+/m0/s1. The summed E-state index contributed by atoms with van der Waals surface area (Å²) in [6.07, 6.45) is 3.88. The number of para-hydroxylation sites is 1. The monoisotopic (exact) mass is 513 g/mol. The van der Waals surface area contributed by atoms with Crippen LogP contribution in [0, 0.1) is 11.3 Å². The number of carbonyl (C=O) groups is 4. The molecule has 10 heteroatoms. The molecule has 1 heterocycles. The fourth-order valence-electron chi connectivity index (χ4n) is 4.59. The first-order valence-electron chi connectivity index (χ1n) is 12.8. The molecule has 1 aliphatic heterocycles. The summed E-state index contributed by atoms with van der Waals surface area (Å²) in [4.78, 5) is 53.8. The second-order valence-electron chi connectivity index (χ2n) is 11.6. The molecule has 0 bridgehead atoms. The third-order valence-electron chi connectivity index (χ3n) is 6.80. The second-order valence-corrected chi connectivity index (χ2v) is 11.6. The number of nitrogens with two attached hydrogens (primary N) is 2. The molecule has 0 aromatic heterocycles. The molecule has 1 saturated heterocycles. The summed E-state index contributed by atoms with van der Waals surface area (Å²) in [5, 5.41) is 8.94. The van der Waals surface area contributed by atoms with Gasteiger partial charge in [0.05, 0.1) is 19.8 Å². The van der Waals surface area contributed by atoms with Crippen LogP contribution in [-0.4, -0.2) is 64.6 Å². The minimum Gasteiger partial charge on any atom is -0.340 e. The van der Waals surface area contributed by atoms with Crippen LogP contribution in [-0.2, 0) is 19.2 Å². The van der Waals surface area contributed by atoms with Crippen LogP contribution in [0.5, 0.6) is 0 Å². The Labute approximate surface area is 219 Å². The van der Waals surface area contributed by atoms with Gasteiger partial charge >= 0.3 is 0 Å². The van der Waals surface area contributed by atoms with Gasteiger partial charge in [-0.2, -0.15) is 0 Å². The Kier molecular flexibility index (Phi) is 8.44. The highest BCUT2D eigenvalue weighted by atomic mass is 16.2. The number of quaternary nitrogens is 1. The van der Waals surface area contributed by atoms with Gasteiger partial charge in [-0.05, 0) is 44.2 Å². The third kappa shape index (κ3) is 6.95. The number of allylic oxidation sites excluding steroid dienone is 1. The van der Waals surface area contributed by atoms with Gasteiger partial charge in [0, 0.05) is 18.0 Å². The van der Waals surface area contributed by atoms with E-state index in [9.17, 15) is 19.2 Å². The van der Waals surface area contributed by atoms with E-state index >= 15 is 0 Å². The van der Waals surface area contributed by atoms with Crippen molar-refractivity contribution in [3.8, 4) is 0 Å². The van der Waals surface area contributed by atoms with Crippen LogP contribution in [0.4, 0.5) is 5.69 Å². The average molecular weight is 514 g/mol. The first kappa shape index (κ1) is 28.3. The second kappa shape index (κ2) is 11.0. The van der Waals surface area contributed by atoms with Crippen molar-refractivity contribution in [1.82, 2.24) is 15.2 Å². The fourth-order valence-corrected chi connectivity index (χ4v) is 4.59. The van der Waals surface area contributed by atoms with E-state index in [0.717, 1.165) is 18.5 Å². The zero-order valence-corrected chi connectivity index (χ0v) is 22.7. The summed E-state index contributed by atoms with van der Waals surface area (Å²) < 4.78 is 0. The Bertz CT molecular complexity index is 1060. The number of benzene rings is 1. The highest BCUT2D eigenvalue weighted by Gasteiger charge is 2.47. The van der Waals surface area contributed by atoms with Crippen molar-refractivity contribution in [2.45, 2.75) is 71.5 Å². The van der Waals surface area contributed by atoms with Gasteiger partial charge in [-0.15, -0.1) is 0 Å². The number of nitrogens with zero attached hydrogens (tertiary/aromatic N) is 2. The molecule has 202 valence electrons. The molecule has 1 aliphatic carbocycles. The molecule has 2 atom stereocenters. The predicted molar refractivity (Wildman–Crippen MR) is 140 cm³/mol. The predicted octanol–water partition coefficient (Wildman–Crippen LogP) is 0.725. The Hall–Kier alpha value is -3.24. The molecular formula is C27H41N6O4+. The number of hydrazine groups is 1. The van der Waals surface area contributed by atoms with Crippen LogP contribution in [0.1, 0.15) is 53.9 Å². The number of amides is 3. The number of carbonyl (C=O) groups excluding carboxylic acids is 4. The summed E-state index contributed by atoms with van der Waals surface area (Å²) in [5.41, 5.74) is -0.189. The van der Waals surface area contributed by atoms with E-state index < -0.39 is 40.8 Å². The molecule has 2 fully saturated rings. The zero-order valence-electron chi connectivity index (χ0n) is 22.7. The first-order valence-corrected chi connectivity index (χ1v) is 12.8. The molecule has 2 aliphatic rings. The molecule has 37 heavy (non-hydrogen) atoms. The lowest BCUT2D eigenvalue weighted by Crippen LogP contribution is -2.78. The van der Waals surface area contributed by atoms with Gasteiger partial charge in [0.1, 0.15) is 23.3 Å². The summed E-state index contributed by atoms with van der Waals surface area (Å²) in [7, 11) is 1.95. The highest BCUT2D eigenvalue weighted by Crippen LogP contribution is 2.34. The van der Waals surface area contributed by atoms with Gasteiger partial charge in [0.2, 0.25) is 17.7 Å². The third-order valence-corrected chi connectivity index (χ3v) is 6.80. The quantitative estimate of drug-likeness (QED) is 0.283. The van der Waals surface area contributed by atoms with Gasteiger partial charge in [-0.25, -0.2) is 5.84 Å². The van der Waals surface area contributed by atoms with Crippen LogP contribution in [0.3, 0.4) is 0 Å². The number of hydrogen-bond acceptors (Lipinski definition) is 6. The topological polar surface area (TPSA) is 141 Å². The summed E-state index contributed by atoms with van der Waals surface area (Å²) in [5.74, 6) is 5.31. The van der Waals surface area contributed by atoms with Gasteiger partial charge in [0.25, 0.3) is 0 Å². The number of ketones is 1. The van der Waals surface area contributed by atoms with Crippen LogP contribution in [0.25, 0.3) is 0 Å². The minimum atomic E-state index is -1.28. The number of rotatable bonds is 9. The molecule has 3 rings (SSSR count). The SMILES string of the molecule is C[NH2+]/C(=C\N(N)[C@H](C(=O)N1CC(=O)C[C@H]1C(=O)NC(C)(C)C(=O)Nc1ccccc1)C(C)(C)C)C1CC1. The maximum absolute atomic E-state index is 13.8. The number of hydrogen-bond donors (Lipinski definition) is 4. The number of anilines is 1. The highest BCUT2D eigenvalue weighted by molar-refractivity contribution is 6.04. The summed E-state index contributed by atoms with van der Waals surface area (Å²) in [6, 6.07) is 7.10. The maximum Gasteiger partial charge on any atom is 0.249 e. The number of nitrogens with one attached hydrogen (secondary N) is 2. The lowest BCUT2D eigenvalue weighted by Gasteiger charge is -2.39. The summed E-state index contributed by atoms with van der Waals surface area (Å²) >= 11 is 0. The molecule has 6 N–H and O–H groups in total. The van der Waals surface area contributed by atoms with Crippen molar-refractivity contribution < 1.29 is 24.5 Å². The Morgan fingerprint density at radius 1 is 1.14 bits per heavy atom. The van der Waals surface area contributed by atoms with Crippen molar-refractivity contribution in [3.05, 3.63) is 42.2 Å². The van der Waals surface area contributed by atoms with Gasteiger partial charge in [-0.3, -0.25) is 24.2 Å². The van der Waals surface area contributed by atoms with E-state index in [1.54, 1.807) is 44.3 Å². The zero-order chi connectivity index (χ0) is 27.5. The van der Waals surface area contributed by atoms with Gasteiger partial charge in [-0.1, -0.05) is 39.0 Å². The molecule has 1 saturated carbocycles. The van der Waals surface area contributed by atoms with E-state index in [1.807, 2.05) is 39.2 Å². The molecular weight excluding hydrogens is 472 g/mol. The fraction of sp³-hybridized carbons (Fsp3) is 0.556. The van der Waals surface area contributed by atoms with Crippen molar-refractivity contribution >= 4 is 29.2 Å². The van der Waals surface area contributed by atoms with E-state index in [2.05, 4.69) is 10.6 Å². The van der Waals surface area contributed by atoms with Crippen LogP contribution >= 0.6 is 0 Å². The van der Waals surface area contributed by atoms with Crippen molar-refractivity contribution in [2.75, 3.05) is 18.9 Å². The maximum atomic E-state index is 13.8. The van der Waals surface area contributed by atoms with E-state index in [-0.39, 0.29) is 18.7 Å². The smallest absolute Gasteiger partial charge is 0.249 e. The van der Waals surface area contributed by atoms with Crippen molar-refractivity contribution in [3.63, 3.8) is 0 Å². The first-order chi connectivity index (χ1) is 17.2. The van der Waals surface area contributed by atoms with Crippen molar-refractivity contribution in [1.29, 1.82) is 0 Å². The van der Waals surface area contributed by atoms with Crippen molar-refractivity contribution in [2.24, 2.45) is 17.2 Å². The molecule has 0 radical (unpaired) electrons. The lowest BCUT2D eigenvalue weighted by atomic mass is 9.85. The molecule has 3 amide bonds. The van der Waals surface area contributed by atoms with Gasteiger partial charge < -0.3 is 20.9 Å². The molecule has 1 aromatic carbocycles. The Balaban J connectivity index is 1.78. The summed E-state index contributed by atoms with van der Waals surface area (Å²) in [6.45, 7) is 8.69. The van der Waals surface area contributed by atoms with Crippen LogP contribution in [0.2, 0.25) is 0 Å². The van der Waals surface area contributed by atoms with Crippen LogP contribution < -0.4 is 21.8 Å². The molecule has 10 nitrogen and oxygen atoms in total. The van der Waals surface area contributed by atoms with E-state index in [0.29, 0.717) is 11.6 Å². The van der Waals surface area contributed by atoms with Crippen LogP contribution in [0.15, 0.2) is 42.2 Å². The Morgan fingerprint density at radius 3 is 2.30 bits per heavy atom. The number of Topliss-reactive ketones (excluding diaryl/α,β-unsaturated/α-hetero) is 1. The lowest BCUT2D eigenvalue weighted by molar-refractivity contribution is -0.581. The van der Waals surface area contributed by atoms with Gasteiger partial charge in [0.15, 0.2) is 5.78 Å². The molecule has 0 spiro atoms. The molecule has 1 aromatic rings. The largest absolute Gasteiger partial charge is 0.340 e. The normalized spacial score (nSPS) is 19.4. The Morgan fingerprint density at radius 2 is 1.76 bits per heavy atom. The average Bonchev–Trinajstić information content (AvgIpc) is 3.57. The van der Waals surface area contributed by atoms with E-state index in [1.165, 1.54) is 9.91 Å².